The van der Waals surface area contributed by atoms with Crippen LogP contribution in [0, 0.1) is 6.92 Å². The molecule has 0 aliphatic carbocycles. The lowest BCUT2D eigenvalue weighted by molar-refractivity contribution is -0.122. The molecule has 1 amide bonds. The Bertz CT molecular complexity index is 621. The number of hydrogen-bond acceptors (Lipinski definition) is 4. The summed E-state index contributed by atoms with van der Waals surface area (Å²) in [6.07, 6.45) is 1.50. The summed E-state index contributed by atoms with van der Waals surface area (Å²) >= 11 is 5.73. The van der Waals surface area contributed by atoms with Crippen molar-refractivity contribution in [3.63, 3.8) is 0 Å². The second kappa shape index (κ2) is 11.1. The van der Waals surface area contributed by atoms with E-state index in [1.807, 2.05) is 31.2 Å². The summed E-state index contributed by atoms with van der Waals surface area (Å²) in [6.45, 7) is 2.64. The van der Waals surface area contributed by atoms with Gasteiger partial charge in [-0.15, -0.1) is 24.8 Å². The van der Waals surface area contributed by atoms with Crippen molar-refractivity contribution in [1.29, 1.82) is 0 Å². The van der Waals surface area contributed by atoms with Crippen LogP contribution in [-0.4, -0.2) is 24.0 Å². The lowest BCUT2D eigenvalue weighted by Crippen LogP contribution is -2.36. The summed E-state index contributed by atoms with van der Waals surface area (Å²) in [5.41, 5.74) is 7.82. The number of hydrogen-bond donors (Lipinski definition) is 2. The maximum Gasteiger partial charge on any atom is 0.241 e. The molecule has 0 spiro atoms. The van der Waals surface area contributed by atoms with E-state index in [2.05, 4.69) is 10.3 Å². The first-order valence-electron chi connectivity index (χ1n) is 6.90. The molecular formula is C16H20Cl3N3O2. The molecule has 0 bridgehead atoms. The van der Waals surface area contributed by atoms with Crippen LogP contribution < -0.4 is 15.8 Å². The maximum absolute atomic E-state index is 12.0. The molecule has 1 aromatic carbocycles. The molecule has 8 heteroatoms. The molecule has 0 radical (unpaired) electrons. The molecule has 2 aromatic rings. The molecule has 1 unspecified atom stereocenters. The topological polar surface area (TPSA) is 77.2 Å². The lowest BCUT2D eigenvalue weighted by Gasteiger charge is -2.13. The molecule has 2 rings (SSSR count). The highest BCUT2D eigenvalue weighted by atomic mass is 35.5. The Morgan fingerprint density at radius 3 is 2.50 bits per heavy atom. The van der Waals surface area contributed by atoms with E-state index < -0.39 is 6.04 Å². The number of carbonyl (C=O) groups excluding carboxylic acids is 1. The van der Waals surface area contributed by atoms with Gasteiger partial charge in [-0.3, -0.25) is 4.79 Å². The van der Waals surface area contributed by atoms with Crippen LogP contribution >= 0.6 is 36.4 Å². The van der Waals surface area contributed by atoms with Crippen molar-refractivity contribution in [3.8, 4) is 5.88 Å². The smallest absolute Gasteiger partial charge is 0.241 e. The van der Waals surface area contributed by atoms with E-state index in [0.717, 1.165) is 11.1 Å². The second-order valence-corrected chi connectivity index (χ2v) is 5.28. The maximum atomic E-state index is 12.0. The van der Waals surface area contributed by atoms with Crippen molar-refractivity contribution >= 4 is 42.3 Å². The summed E-state index contributed by atoms with van der Waals surface area (Å²) in [5, 5.41) is 3.28. The van der Waals surface area contributed by atoms with Gasteiger partial charge in [0.05, 0.1) is 11.6 Å². The molecule has 3 N–H and O–H groups in total. The number of carbonyl (C=O) groups is 1. The summed E-state index contributed by atoms with van der Waals surface area (Å²) in [6, 6.07) is 10.2. The van der Waals surface area contributed by atoms with Crippen LogP contribution in [0.5, 0.6) is 5.88 Å². The highest BCUT2D eigenvalue weighted by Crippen LogP contribution is 2.12. The number of aryl methyl sites for hydroxylation is 1. The Kier molecular flexibility index (Phi) is 10.4. The zero-order chi connectivity index (χ0) is 15.9. The van der Waals surface area contributed by atoms with E-state index in [9.17, 15) is 4.79 Å². The third-order valence-electron chi connectivity index (χ3n) is 3.07. The average molecular weight is 393 g/mol. The van der Waals surface area contributed by atoms with Gasteiger partial charge in [0.15, 0.2) is 0 Å². The fourth-order valence-electron chi connectivity index (χ4n) is 1.81. The van der Waals surface area contributed by atoms with Crippen LogP contribution in [0.1, 0.15) is 17.2 Å². The van der Waals surface area contributed by atoms with Crippen LogP contribution in [-0.2, 0) is 4.79 Å². The minimum Gasteiger partial charge on any atom is -0.476 e. The number of nitrogens with two attached hydrogens (primary N) is 1. The second-order valence-electron chi connectivity index (χ2n) is 4.84. The number of nitrogens with zero attached hydrogens (tertiary/aromatic N) is 1. The summed E-state index contributed by atoms with van der Waals surface area (Å²) in [5.74, 6) is 0.220. The van der Waals surface area contributed by atoms with E-state index in [0.29, 0.717) is 24.1 Å². The monoisotopic (exact) mass is 391 g/mol. The van der Waals surface area contributed by atoms with E-state index in [-0.39, 0.29) is 30.7 Å². The van der Waals surface area contributed by atoms with Gasteiger partial charge in [0.25, 0.3) is 0 Å². The summed E-state index contributed by atoms with van der Waals surface area (Å²) in [7, 11) is 0. The SMILES string of the molecule is Cc1ccc(C(N)C(=O)NCCOc2ccc(Cl)cn2)cc1.Cl.Cl. The third kappa shape index (κ3) is 6.93. The minimum atomic E-state index is -0.686. The first-order chi connectivity index (χ1) is 10.6. The molecule has 24 heavy (non-hydrogen) atoms. The Balaban J connectivity index is 0.00000264. The third-order valence-corrected chi connectivity index (χ3v) is 3.29. The number of halogens is 3. The van der Waals surface area contributed by atoms with Crippen LogP contribution in [0.15, 0.2) is 42.6 Å². The van der Waals surface area contributed by atoms with Gasteiger partial charge >= 0.3 is 0 Å². The Morgan fingerprint density at radius 1 is 1.25 bits per heavy atom. The molecule has 0 saturated carbocycles. The van der Waals surface area contributed by atoms with Gasteiger partial charge in [0, 0.05) is 12.3 Å². The molecule has 1 atom stereocenters. The molecule has 5 nitrogen and oxygen atoms in total. The Morgan fingerprint density at radius 2 is 1.92 bits per heavy atom. The number of benzene rings is 1. The van der Waals surface area contributed by atoms with Crippen molar-refractivity contribution in [2.45, 2.75) is 13.0 Å². The quantitative estimate of drug-likeness (QED) is 0.741. The fraction of sp³-hybridized carbons (Fsp3) is 0.250. The van der Waals surface area contributed by atoms with Gasteiger partial charge < -0.3 is 15.8 Å². The summed E-state index contributed by atoms with van der Waals surface area (Å²) < 4.78 is 5.39. The first-order valence-corrected chi connectivity index (χ1v) is 7.28. The Labute approximate surface area is 158 Å². The van der Waals surface area contributed by atoms with E-state index in [4.69, 9.17) is 22.1 Å². The average Bonchev–Trinajstić information content (AvgIpc) is 2.53. The molecule has 0 aliphatic rings. The lowest BCUT2D eigenvalue weighted by atomic mass is 10.1. The van der Waals surface area contributed by atoms with Crippen LogP contribution in [0.25, 0.3) is 0 Å². The molecule has 0 aliphatic heterocycles. The zero-order valence-corrected chi connectivity index (χ0v) is 15.5. The van der Waals surface area contributed by atoms with Crippen LogP contribution in [0.2, 0.25) is 5.02 Å². The van der Waals surface area contributed by atoms with Gasteiger partial charge in [-0.05, 0) is 18.6 Å². The number of rotatable bonds is 6. The minimum absolute atomic E-state index is 0. The molecule has 0 fully saturated rings. The number of ether oxygens (including phenoxy) is 1. The molecule has 0 saturated heterocycles. The summed E-state index contributed by atoms with van der Waals surface area (Å²) in [4.78, 5) is 16.0. The normalized spacial score (nSPS) is 10.8. The molecular weight excluding hydrogens is 373 g/mol. The first kappa shape index (κ1) is 22.5. The van der Waals surface area contributed by atoms with Gasteiger partial charge in [-0.1, -0.05) is 41.4 Å². The molecule has 1 heterocycles. The van der Waals surface area contributed by atoms with E-state index in [1.54, 1.807) is 12.1 Å². The van der Waals surface area contributed by atoms with Crippen molar-refractivity contribution in [2.75, 3.05) is 13.2 Å². The number of aromatic nitrogens is 1. The number of nitrogens with one attached hydrogen (secondary N) is 1. The van der Waals surface area contributed by atoms with Crippen molar-refractivity contribution in [3.05, 3.63) is 58.7 Å². The van der Waals surface area contributed by atoms with E-state index >= 15 is 0 Å². The van der Waals surface area contributed by atoms with Gasteiger partial charge in [-0.2, -0.15) is 0 Å². The fourth-order valence-corrected chi connectivity index (χ4v) is 1.92. The van der Waals surface area contributed by atoms with E-state index in [1.165, 1.54) is 6.20 Å². The van der Waals surface area contributed by atoms with Crippen LogP contribution in [0.4, 0.5) is 0 Å². The number of pyridine rings is 1. The van der Waals surface area contributed by atoms with Crippen molar-refractivity contribution in [2.24, 2.45) is 5.73 Å². The van der Waals surface area contributed by atoms with Crippen molar-refractivity contribution < 1.29 is 9.53 Å². The zero-order valence-electron chi connectivity index (χ0n) is 13.1. The predicted molar refractivity (Wildman–Crippen MR) is 100 cm³/mol. The Hall–Kier alpha value is -1.53. The van der Waals surface area contributed by atoms with Gasteiger partial charge in [-0.25, -0.2) is 4.98 Å². The standard InChI is InChI=1S/C16H18ClN3O2.2ClH/c1-11-2-4-12(5-3-11)15(18)16(21)19-8-9-22-14-7-6-13(17)10-20-14;;/h2-7,10,15H,8-9,18H2,1H3,(H,19,21);2*1H. The van der Waals surface area contributed by atoms with Gasteiger partial charge in [0.1, 0.15) is 12.6 Å². The number of amides is 1. The molecule has 1 aromatic heterocycles. The molecule has 132 valence electrons. The van der Waals surface area contributed by atoms with Crippen molar-refractivity contribution in [1.82, 2.24) is 10.3 Å². The van der Waals surface area contributed by atoms with Gasteiger partial charge in [0.2, 0.25) is 11.8 Å². The largest absolute Gasteiger partial charge is 0.476 e. The highest BCUT2D eigenvalue weighted by Gasteiger charge is 2.14. The highest BCUT2D eigenvalue weighted by molar-refractivity contribution is 6.30. The predicted octanol–water partition coefficient (Wildman–Crippen LogP) is 3.08. The van der Waals surface area contributed by atoms with Crippen LogP contribution in [0.3, 0.4) is 0 Å².